The van der Waals surface area contributed by atoms with Crippen LogP contribution < -0.4 is 5.32 Å². The third-order valence-corrected chi connectivity index (χ3v) is 4.69. The largest absolute Gasteiger partial charge is 0.339 e. The second-order valence-corrected chi connectivity index (χ2v) is 6.26. The molecule has 1 aliphatic rings. The Hall–Kier alpha value is -2.48. The van der Waals surface area contributed by atoms with Gasteiger partial charge in [0.1, 0.15) is 6.04 Å². The molecule has 1 aliphatic heterocycles. The number of anilines is 1. The van der Waals surface area contributed by atoms with Gasteiger partial charge in [0.25, 0.3) is 0 Å². The number of nitrogens with zero attached hydrogens (tertiary/aromatic N) is 4. The van der Waals surface area contributed by atoms with Crippen molar-refractivity contribution < 1.29 is 9.59 Å². The molecule has 24 heavy (non-hydrogen) atoms. The summed E-state index contributed by atoms with van der Waals surface area (Å²) in [6, 6.07) is 8.79. The number of urea groups is 1. The van der Waals surface area contributed by atoms with Gasteiger partial charge in [-0.25, -0.2) is 4.79 Å². The van der Waals surface area contributed by atoms with Gasteiger partial charge in [-0.05, 0) is 13.8 Å². The first-order valence-electron chi connectivity index (χ1n) is 7.85. The summed E-state index contributed by atoms with van der Waals surface area (Å²) in [5.74, 6) is 0.553. The number of amides is 3. The number of carbonyl (C=O) groups excluding carboxylic acids is 2. The van der Waals surface area contributed by atoms with Crippen LogP contribution in [0.4, 0.5) is 9.93 Å². The van der Waals surface area contributed by atoms with Crippen LogP contribution in [0.1, 0.15) is 13.8 Å². The van der Waals surface area contributed by atoms with Crippen molar-refractivity contribution in [1.29, 1.82) is 0 Å². The smallest absolute Gasteiger partial charge is 0.324 e. The van der Waals surface area contributed by atoms with Crippen LogP contribution in [0.5, 0.6) is 0 Å². The third kappa shape index (κ3) is 3.23. The molecular formula is C16H19N5O2S. The maximum absolute atomic E-state index is 12.4. The van der Waals surface area contributed by atoms with E-state index in [9.17, 15) is 9.59 Å². The molecule has 3 rings (SSSR count). The zero-order chi connectivity index (χ0) is 17.1. The van der Waals surface area contributed by atoms with Crippen molar-refractivity contribution >= 4 is 28.6 Å². The fourth-order valence-electron chi connectivity index (χ4n) is 2.66. The fourth-order valence-corrected chi connectivity index (χ4v) is 3.24. The fraction of sp³-hybridized carbons (Fsp3) is 0.375. The van der Waals surface area contributed by atoms with E-state index in [1.54, 1.807) is 11.8 Å². The molecule has 0 radical (unpaired) electrons. The highest BCUT2D eigenvalue weighted by atomic mass is 32.1. The highest BCUT2D eigenvalue weighted by molar-refractivity contribution is 7.10. The van der Waals surface area contributed by atoms with E-state index in [4.69, 9.17) is 0 Å². The van der Waals surface area contributed by atoms with Gasteiger partial charge in [0.05, 0.1) is 0 Å². The summed E-state index contributed by atoms with van der Waals surface area (Å²) in [7, 11) is 0. The van der Waals surface area contributed by atoms with Crippen molar-refractivity contribution in [2.75, 3.05) is 25.0 Å². The predicted molar refractivity (Wildman–Crippen MR) is 92.8 cm³/mol. The van der Waals surface area contributed by atoms with Crippen LogP contribution in [0, 0.1) is 0 Å². The molecule has 1 atom stereocenters. The van der Waals surface area contributed by atoms with Crippen LogP contribution in [0.15, 0.2) is 30.3 Å². The van der Waals surface area contributed by atoms with E-state index >= 15 is 0 Å². The highest BCUT2D eigenvalue weighted by Gasteiger charge is 2.33. The van der Waals surface area contributed by atoms with Crippen molar-refractivity contribution in [3.63, 3.8) is 0 Å². The van der Waals surface area contributed by atoms with Gasteiger partial charge in [-0.2, -0.15) is 9.36 Å². The van der Waals surface area contributed by atoms with Crippen molar-refractivity contribution in [2.24, 2.45) is 0 Å². The van der Waals surface area contributed by atoms with Crippen molar-refractivity contribution in [1.82, 2.24) is 19.2 Å². The van der Waals surface area contributed by atoms with E-state index in [2.05, 4.69) is 14.7 Å². The van der Waals surface area contributed by atoms with Crippen LogP contribution >= 0.6 is 11.5 Å². The molecule has 0 aliphatic carbocycles. The van der Waals surface area contributed by atoms with Gasteiger partial charge >= 0.3 is 6.03 Å². The highest BCUT2D eigenvalue weighted by Crippen LogP contribution is 2.21. The predicted octanol–water partition coefficient (Wildman–Crippen LogP) is 2.29. The van der Waals surface area contributed by atoms with E-state index < -0.39 is 6.04 Å². The number of piperazine rings is 1. The van der Waals surface area contributed by atoms with Crippen molar-refractivity contribution in [2.45, 2.75) is 19.9 Å². The molecule has 0 bridgehead atoms. The molecule has 2 heterocycles. The summed E-state index contributed by atoms with van der Waals surface area (Å²) in [6.07, 6.45) is 0. The maximum Gasteiger partial charge on any atom is 0.324 e. The second-order valence-electron chi connectivity index (χ2n) is 5.51. The molecule has 1 N–H and O–H groups in total. The molecule has 1 fully saturated rings. The summed E-state index contributed by atoms with van der Waals surface area (Å²) >= 11 is 1.13. The number of nitrogens with one attached hydrogen (secondary N) is 1. The molecule has 0 spiro atoms. The van der Waals surface area contributed by atoms with E-state index in [0.29, 0.717) is 30.6 Å². The number of hydrogen-bond donors (Lipinski definition) is 1. The first kappa shape index (κ1) is 16.4. The maximum atomic E-state index is 12.4. The summed E-state index contributed by atoms with van der Waals surface area (Å²) in [5, 5.41) is 3.17. The summed E-state index contributed by atoms with van der Waals surface area (Å²) < 4.78 is 4.27. The molecule has 1 unspecified atom stereocenters. The number of hydrogen-bond acceptors (Lipinski definition) is 5. The Morgan fingerprint density at radius 2 is 2.08 bits per heavy atom. The van der Waals surface area contributed by atoms with Gasteiger partial charge in [-0.1, -0.05) is 30.3 Å². The Kier molecular flexibility index (Phi) is 4.75. The molecule has 3 amide bonds. The Bertz CT molecular complexity index is 733. The van der Waals surface area contributed by atoms with Gasteiger partial charge in [0.15, 0.2) is 5.82 Å². The van der Waals surface area contributed by atoms with Gasteiger partial charge < -0.3 is 9.80 Å². The van der Waals surface area contributed by atoms with Crippen molar-refractivity contribution in [3.8, 4) is 11.4 Å². The van der Waals surface area contributed by atoms with E-state index in [1.807, 2.05) is 37.3 Å². The normalized spacial score (nSPS) is 17.9. The molecule has 0 saturated carbocycles. The molecule has 7 nitrogen and oxygen atoms in total. The first-order valence-corrected chi connectivity index (χ1v) is 8.63. The van der Waals surface area contributed by atoms with Crippen LogP contribution in [-0.4, -0.2) is 56.8 Å². The average Bonchev–Trinajstić information content (AvgIpc) is 3.06. The lowest BCUT2D eigenvalue weighted by molar-refractivity contribution is -0.138. The summed E-state index contributed by atoms with van der Waals surface area (Å²) in [5.41, 5.74) is 0.898. The average molecular weight is 345 g/mol. The van der Waals surface area contributed by atoms with Crippen LogP contribution in [0.2, 0.25) is 0 Å². The molecule has 2 aromatic rings. The Balaban J connectivity index is 1.67. The molecule has 8 heteroatoms. The van der Waals surface area contributed by atoms with Crippen molar-refractivity contribution in [3.05, 3.63) is 30.3 Å². The van der Waals surface area contributed by atoms with Gasteiger partial charge in [-0.15, -0.1) is 0 Å². The Labute approximate surface area is 144 Å². The number of rotatable bonds is 3. The number of likely N-dealkylation sites (N-methyl/N-ethyl adjacent to an activating group) is 1. The zero-order valence-corrected chi connectivity index (χ0v) is 14.4. The molecule has 1 aromatic heterocycles. The topological polar surface area (TPSA) is 78.4 Å². The number of carbonyl (C=O) groups is 2. The lowest BCUT2D eigenvalue weighted by atomic mass is 10.2. The van der Waals surface area contributed by atoms with Gasteiger partial charge in [0, 0.05) is 36.7 Å². The minimum absolute atomic E-state index is 0.0267. The lowest BCUT2D eigenvalue weighted by Gasteiger charge is -2.38. The first-order chi connectivity index (χ1) is 11.6. The quantitative estimate of drug-likeness (QED) is 0.926. The summed E-state index contributed by atoms with van der Waals surface area (Å²) in [4.78, 5) is 32.3. The summed E-state index contributed by atoms with van der Waals surface area (Å²) in [6.45, 7) is 5.41. The SMILES string of the molecule is CCN1CCN(C(=O)Nc2nc(-c3ccccc3)ns2)C(C)C1=O. The Morgan fingerprint density at radius 3 is 2.79 bits per heavy atom. The number of benzene rings is 1. The van der Waals surface area contributed by atoms with Crippen LogP contribution in [0.3, 0.4) is 0 Å². The lowest BCUT2D eigenvalue weighted by Crippen LogP contribution is -2.58. The number of aromatic nitrogens is 2. The zero-order valence-electron chi connectivity index (χ0n) is 13.6. The monoisotopic (exact) mass is 345 g/mol. The van der Waals surface area contributed by atoms with E-state index in [-0.39, 0.29) is 11.9 Å². The molecular weight excluding hydrogens is 326 g/mol. The second kappa shape index (κ2) is 6.96. The third-order valence-electron chi connectivity index (χ3n) is 4.06. The molecule has 126 valence electrons. The van der Waals surface area contributed by atoms with Gasteiger partial charge in [-0.3, -0.25) is 10.1 Å². The Morgan fingerprint density at radius 1 is 1.33 bits per heavy atom. The molecule has 1 saturated heterocycles. The van der Waals surface area contributed by atoms with Crippen LogP contribution in [-0.2, 0) is 4.79 Å². The molecule has 1 aromatic carbocycles. The minimum Gasteiger partial charge on any atom is -0.339 e. The minimum atomic E-state index is -0.472. The standard InChI is InChI=1S/C16H19N5O2S/c1-3-20-9-10-21(11(2)14(20)22)16(23)18-15-17-13(19-24-15)12-7-5-4-6-8-12/h4-8,11H,3,9-10H2,1-2H3,(H,17,18,19,23). The van der Waals surface area contributed by atoms with E-state index in [0.717, 1.165) is 17.1 Å². The van der Waals surface area contributed by atoms with Gasteiger partial charge in [0.2, 0.25) is 11.0 Å². The van der Waals surface area contributed by atoms with E-state index in [1.165, 1.54) is 4.90 Å². The van der Waals surface area contributed by atoms with Crippen LogP contribution in [0.25, 0.3) is 11.4 Å².